The fourth-order valence-electron chi connectivity index (χ4n) is 2.22. The molecule has 1 aromatic carbocycles. The van der Waals surface area contributed by atoms with Gasteiger partial charge in [0.05, 0.1) is 5.52 Å². The van der Waals surface area contributed by atoms with Crippen LogP contribution in [0.2, 0.25) is 0 Å². The van der Waals surface area contributed by atoms with Crippen molar-refractivity contribution in [2.24, 2.45) is 5.92 Å². The summed E-state index contributed by atoms with van der Waals surface area (Å²) in [6.07, 6.45) is 2.24. The van der Waals surface area contributed by atoms with Crippen LogP contribution in [0.3, 0.4) is 0 Å². The molecular weight excluding hydrogens is 254 g/mol. The molecule has 2 aromatic rings. The Morgan fingerprint density at radius 3 is 2.80 bits per heavy atom. The zero-order valence-electron chi connectivity index (χ0n) is 11.9. The highest BCUT2D eigenvalue weighted by Crippen LogP contribution is 2.24. The van der Waals surface area contributed by atoms with E-state index in [1.54, 1.807) is 0 Å². The number of carbonyl (C=O) groups is 1. The Morgan fingerprint density at radius 1 is 1.40 bits per heavy atom. The normalized spacial score (nSPS) is 13.9. The summed E-state index contributed by atoms with van der Waals surface area (Å²) in [4.78, 5) is 19.9. The van der Waals surface area contributed by atoms with Gasteiger partial charge in [0, 0.05) is 5.39 Å². The van der Waals surface area contributed by atoms with Gasteiger partial charge in [0.25, 0.3) is 0 Å². The molecule has 1 aromatic heterocycles. The quantitative estimate of drug-likeness (QED) is 0.876. The van der Waals surface area contributed by atoms with E-state index in [1.807, 2.05) is 39.0 Å². The van der Waals surface area contributed by atoms with Gasteiger partial charge in [-0.3, -0.25) is 0 Å². The van der Waals surface area contributed by atoms with Crippen molar-refractivity contribution < 1.29 is 9.90 Å². The second-order valence-corrected chi connectivity index (χ2v) is 5.04. The molecule has 0 bridgehead atoms. The number of aliphatic carboxylic acids is 1. The molecule has 2 atom stereocenters. The van der Waals surface area contributed by atoms with E-state index in [0.717, 1.165) is 22.9 Å². The third-order valence-corrected chi connectivity index (χ3v) is 3.64. The van der Waals surface area contributed by atoms with Crippen LogP contribution in [-0.4, -0.2) is 27.1 Å². The fourth-order valence-corrected chi connectivity index (χ4v) is 2.22. The van der Waals surface area contributed by atoms with Crippen molar-refractivity contribution in [2.45, 2.75) is 33.2 Å². The predicted molar refractivity (Wildman–Crippen MR) is 78.8 cm³/mol. The van der Waals surface area contributed by atoms with E-state index < -0.39 is 12.0 Å². The molecule has 0 spiro atoms. The molecule has 0 aliphatic heterocycles. The van der Waals surface area contributed by atoms with Crippen molar-refractivity contribution in [2.75, 3.05) is 5.32 Å². The van der Waals surface area contributed by atoms with Crippen LogP contribution in [0.4, 0.5) is 5.82 Å². The third kappa shape index (κ3) is 2.71. The van der Waals surface area contributed by atoms with Crippen molar-refractivity contribution in [3.63, 3.8) is 0 Å². The number of nitrogens with zero attached hydrogens (tertiary/aromatic N) is 2. The van der Waals surface area contributed by atoms with Crippen LogP contribution < -0.4 is 5.32 Å². The molecule has 2 rings (SSSR count). The van der Waals surface area contributed by atoms with E-state index in [4.69, 9.17) is 0 Å². The number of hydrogen-bond donors (Lipinski definition) is 2. The van der Waals surface area contributed by atoms with Gasteiger partial charge in [0.15, 0.2) is 0 Å². The minimum Gasteiger partial charge on any atom is -0.480 e. The number of carboxylic acid groups (broad SMARTS) is 1. The van der Waals surface area contributed by atoms with Crippen molar-refractivity contribution in [3.8, 4) is 0 Å². The van der Waals surface area contributed by atoms with Crippen molar-refractivity contribution in [1.82, 2.24) is 9.97 Å². The molecule has 0 fully saturated rings. The van der Waals surface area contributed by atoms with Gasteiger partial charge in [-0.2, -0.15) is 0 Å². The standard InChI is InChI=1S/C15H19N3O2/c1-4-9(2)13(15(19)20)18-14-12-10(3)6-5-7-11(12)16-8-17-14/h5-9,13H,4H2,1-3H3,(H,19,20)(H,16,17,18)/t9-,13-/m0/s1. The molecule has 0 radical (unpaired) electrons. The lowest BCUT2D eigenvalue weighted by molar-refractivity contribution is -0.139. The highest BCUT2D eigenvalue weighted by atomic mass is 16.4. The van der Waals surface area contributed by atoms with Crippen LogP contribution in [0.15, 0.2) is 24.5 Å². The van der Waals surface area contributed by atoms with Gasteiger partial charge in [-0.15, -0.1) is 0 Å². The van der Waals surface area contributed by atoms with Crippen molar-refractivity contribution >= 4 is 22.7 Å². The molecule has 0 amide bonds. The molecule has 2 N–H and O–H groups in total. The summed E-state index contributed by atoms with van der Waals surface area (Å²) in [5, 5.41) is 13.3. The minimum atomic E-state index is -0.861. The average Bonchev–Trinajstić information content (AvgIpc) is 2.43. The zero-order valence-corrected chi connectivity index (χ0v) is 11.9. The number of fused-ring (bicyclic) bond motifs is 1. The second-order valence-electron chi connectivity index (χ2n) is 5.04. The lowest BCUT2D eigenvalue weighted by atomic mass is 9.99. The van der Waals surface area contributed by atoms with E-state index in [2.05, 4.69) is 15.3 Å². The van der Waals surface area contributed by atoms with Gasteiger partial charge in [0.1, 0.15) is 18.2 Å². The molecule has 106 valence electrons. The average molecular weight is 273 g/mol. The summed E-state index contributed by atoms with van der Waals surface area (Å²) in [6.45, 7) is 5.86. The first kappa shape index (κ1) is 14.2. The van der Waals surface area contributed by atoms with E-state index in [1.165, 1.54) is 6.33 Å². The Balaban J connectivity index is 2.45. The minimum absolute atomic E-state index is 0.0153. The summed E-state index contributed by atoms with van der Waals surface area (Å²) in [6, 6.07) is 5.14. The van der Waals surface area contributed by atoms with Crippen LogP contribution in [0, 0.1) is 12.8 Å². The Kier molecular flexibility index (Phi) is 4.17. The highest BCUT2D eigenvalue weighted by molar-refractivity contribution is 5.93. The third-order valence-electron chi connectivity index (χ3n) is 3.64. The number of benzene rings is 1. The topological polar surface area (TPSA) is 75.1 Å². The molecule has 1 heterocycles. The number of nitrogens with one attached hydrogen (secondary N) is 1. The van der Waals surface area contributed by atoms with Gasteiger partial charge >= 0.3 is 5.97 Å². The molecule has 0 unspecified atom stereocenters. The summed E-state index contributed by atoms with van der Waals surface area (Å²) >= 11 is 0. The van der Waals surface area contributed by atoms with E-state index in [9.17, 15) is 9.90 Å². The molecule has 20 heavy (non-hydrogen) atoms. The number of rotatable bonds is 5. The fraction of sp³-hybridized carbons (Fsp3) is 0.400. The first-order chi connectivity index (χ1) is 9.54. The van der Waals surface area contributed by atoms with E-state index in [-0.39, 0.29) is 5.92 Å². The SMILES string of the molecule is CC[C@H](C)[C@H](Nc1ncnc2cccc(C)c12)C(=O)O. The lowest BCUT2D eigenvalue weighted by Crippen LogP contribution is -2.35. The van der Waals surface area contributed by atoms with Crippen LogP contribution in [0.1, 0.15) is 25.8 Å². The molecule has 5 nitrogen and oxygen atoms in total. The van der Waals surface area contributed by atoms with E-state index in [0.29, 0.717) is 5.82 Å². The first-order valence-corrected chi connectivity index (χ1v) is 6.74. The van der Waals surface area contributed by atoms with Gasteiger partial charge < -0.3 is 10.4 Å². The smallest absolute Gasteiger partial charge is 0.326 e. The number of anilines is 1. The van der Waals surface area contributed by atoms with Gasteiger partial charge in [0.2, 0.25) is 0 Å². The maximum absolute atomic E-state index is 11.4. The maximum Gasteiger partial charge on any atom is 0.326 e. The van der Waals surface area contributed by atoms with Crippen molar-refractivity contribution in [3.05, 3.63) is 30.1 Å². The predicted octanol–water partition coefficient (Wildman–Crippen LogP) is 2.85. The summed E-state index contributed by atoms with van der Waals surface area (Å²) in [5.74, 6) is -0.262. The summed E-state index contributed by atoms with van der Waals surface area (Å²) < 4.78 is 0. The maximum atomic E-state index is 11.4. The zero-order chi connectivity index (χ0) is 14.7. The molecule has 0 saturated carbocycles. The first-order valence-electron chi connectivity index (χ1n) is 6.74. The highest BCUT2D eigenvalue weighted by Gasteiger charge is 2.24. The molecule has 5 heteroatoms. The monoisotopic (exact) mass is 273 g/mol. The number of aryl methyl sites for hydroxylation is 1. The summed E-state index contributed by atoms with van der Waals surface area (Å²) in [7, 11) is 0. The largest absolute Gasteiger partial charge is 0.480 e. The Bertz CT molecular complexity index is 622. The molecular formula is C15H19N3O2. The Labute approximate surface area is 118 Å². The molecule has 0 aliphatic carbocycles. The molecule has 0 saturated heterocycles. The second kappa shape index (κ2) is 5.86. The van der Waals surface area contributed by atoms with Gasteiger partial charge in [-0.25, -0.2) is 14.8 Å². The number of carboxylic acids is 1. The Hall–Kier alpha value is -2.17. The van der Waals surface area contributed by atoms with Gasteiger partial charge in [-0.1, -0.05) is 32.4 Å². The Morgan fingerprint density at radius 2 is 2.15 bits per heavy atom. The lowest BCUT2D eigenvalue weighted by Gasteiger charge is -2.21. The number of aromatic nitrogens is 2. The summed E-state index contributed by atoms with van der Waals surface area (Å²) in [5.41, 5.74) is 1.84. The van der Waals surface area contributed by atoms with Crippen LogP contribution in [-0.2, 0) is 4.79 Å². The van der Waals surface area contributed by atoms with Crippen molar-refractivity contribution in [1.29, 1.82) is 0 Å². The number of hydrogen-bond acceptors (Lipinski definition) is 4. The van der Waals surface area contributed by atoms with Gasteiger partial charge in [-0.05, 0) is 24.5 Å². The molecule has 0 aliphatic rings. The van der Waals surface area contributed by atoms with Crippen LogP contribution in [0.5, 0.6) is 0 Å². The van der Waals surface area contributed by atoms with Crippen LogP contribution in [0.25, 0.3) is 10.9 Å². The van der Waals surface area contributed by atoms with Crippen LogP contribution >= 0.6 is 0 Å². The van der Waals surface area contributed by atoms with E-state index >= 15 is 0 Å².